The van der Waals surface area contributed by atoms with Crippen molar-refractivity contribution in [3.63, 3.8) is 0 Å². The van der Waals surface area contributed by atoms with Crippen LogP contribution in [0.2, 0.25) is 0 Å². The highest BCUT2D eigenvalue weighted by molar-refractivity contribution is 7.84. The van der Waals surface area contributed by atoms with Crippen molar-refractivity contribution >= 4 is 22.6 Å². The maximum Gasteiger partial charge on any atom is 0.245 e. The summed E-state index contributed by atoms with van der Waals surface area (Å²) >= 11 is 0. The summed E-state index contributed by atoms with van der Waals surface area (Å²) in [6, 6.07) is -0.327. The largest absolute Gasteiger partial charge is 0.342 e. The Morgan fingerprint density at radius 2 is 2.12 bits per heavy atom. The van der Waals surface area contributed by atoms with Crippen LogP contribution in [0.5, 0.6) is 0 Å². The molecule has 6 heteroatoms. The Balaban J connectivity index is 1.97. The molecule has 2 unspecified atom stereocenters. The van der Waals surface area contributed by atoms with Gasteiger partial charge in [0.05, 0.1) is 6.54 Å². The van der Waals surface area contributed by atoms with Gasteiger partial charge in [-0.25, -0.2) is 0 Å². The fraction of sp³-hybridized carbons (Fsp3) is 0.800. The zero-order chi connectivity index (χ0) is 11.7. The van der Waals surface area contributed by atoms with Gasteiger partial charge in [-0.05, 0) is 18.8 Å². The first-order chi connectivity index (χ1) is 7.58. The van der Waals surface area contributed by atoms with Crippen molar-refractivity contribution in [1.29, 1.82) is 0 Å². The number of nitrogens with zero attached hydrogens (tertiary/aromatic N) is 1. The lowest BCUT2D eigenvalue weighted by molar-refractivity contribution is -0.144. The quantitative estimate of drug-likeness (QED) is 0.697. The molecule has 2 aliphatic rings. The lowest BCUT2D eigenvalue weighted by atomic mass is 10.1. The van der Waals surface area contributed by atoms with Crippen LogP contribution in [0.4, 0.5) is 0 Å². The Kier molecular flexibility index (Phi) is 3.28. The average molecular weight is 244 g/mol. The molecule has 1 saturated carbocycles. The lowest BCUT2D eigenvalue weighted by Gasteiger charge is -2.32. The molecule has 0 spiro atoms. The molecule has 2 amide bonds. The average Bonchev–Trinajstić information content (AvgIpc) is 3.02. The molecule has 16 heavy (non-hydrogen) atoms. The second kappa shape index (κ2) is 4.53. The van der Waals surface area contributed by atoms with Crippen LogP contribution in [-0.4, -0.2) is 52.1 Å². The molecular weight excluding hydrogens is 228 g/mol. The Morgan fingerprint density at radius 3 is 2.69 bits per heavy atom. The van der Waals surface area contributed by atoms with Crippen molar-refractivity contribution in [2.75, 3.05) is 25.1 Å². The molecule has 2 rings (SSSR count). The first kappa shape index (κ1) is 11.6. The van der Waals surface area contributed by atoms with E-state index in [-0.39, 0.29) is 24.4 Å². The van der Waals surface area contributed by atoms with E-state index in [0.717, 1.165) is 12.8 Å². The van der Waals surface area contributed by atoms with E-state index in [1.54, 1.807) is 6.26 Å². The van der Waals surface area contributed by atoms with E-state index >= 15 is 0 Å². The third-order valence-corrected chi connectivity index (χ3v) is 3.73. The smallest absolute Gasteiger partial charge is 0.245 e. The summed E-state index contributed by atoms with van der Waals surface area (Å²) < 4.78 is 11.0. The Labute approximate surface area is 97.0 Å². The molecular formula is C10H16N2O3S. The first-order valence-corrected chi connectivity index (χ1v) is 7.19. The maximum atomic E-state index is 12.0. The van der Waals surface area contributed by atoms with E-state index in [0.29, 0.717) is 18.2 Å². The van der Waals surface area contributed by atoms with Crippen LogP contribution in [0.25, 0.3) is 0 Å². The molecule has 0 aromatic heterocycles. The predicted molar refractivity (Wildman–Crippen MR) is 60.2 cm³/mol. The molecule has 2 fully saturated rings. The topological polar surface area (TPSA) is 66.5 Å². The van der Waals surface area contributed by atoms with Crippen molar-refractivity contribution in [1.82, 2.24) is 10.2 Å². The fourth-order valence-corrected chi connectivity index (χ4v) is 2.38. The van der Waals surface area contributed by atoms with Crippen molar-refractivity contribution in [3.05, 3.63) is 0 Å². The van der Waals surface area contributed by atoms with E-state index in [9.17, 15) is 13.8 Å². The standard InChI is InChI=1S/C10H16N2O3S/c1-16(15)5-4-12-6-8(13)11-9(10(12)14)7-2-3-7/h7,9H,2-6H2,1H3,(H,11,13). The summed E-state index contributed by atoms with van der Waals surface area (Å²) in [5.41, 5.74) is 0. The number of hydrogen-bond acceptors (Lipinski definition) is 3. The van der Waals surface area contributed by atoms with E-state index in [1.807, 2.05) is 0 Å². The van der Waals surface area contributed by atoms with Gasteiger partial charge in [-0.1, -0.05) is 0 Å². The maximum absolute atomic E-state index is 12.0. The summed E-state index contributed by atoms with van der Waals surface area (Å²) in [5.74, 6) is 0.661. The van der Waals surface area contributed by atoms with Gasteiger partial charge in [-0.3, -0.25) is 13.8 Å². The zero-order valence-electron chi connectivity index (χ0n) is 9.27. The molecule has 1 aliphatic heterocycles. The van der Waals surface area contributed by atoms with Crippen molar-refractivity contribution in [2.24, 2.45) is 5.92 Å². The lowest BCUT2D eigenvalue weighted by Crippen LogP contribution is -2.59. The van der Waals surface area contributed by atoms with Gasteiger partial charge in [0.15, 0.2) is 0 Å². The number of piperazine rings is 1. The number of amides is 2. The number of nitrogens with one attached hydrogen (secondary N) is 1. The Bertz CT molecular complexity index is 341. The highest BCUT2D eigenvalue weighted by Gasteiger charge is 2.42. The highest BCUT2D eigenvalue weighted by Crippen LogP contribution is 2.34. The molecule has 0 aromatic carbocycles. The third-order valence-electron chi connectivity index (χ3n) is 2.97. The van der Waals surface area contributed by atoms with Crippen LogP contribution < -0.4 is 5.32 Å². The molecule has 1 saturated heterocycles. The summed E-state index contributed by atoms with van der Waals surface area (Å²) in [7, 11) is -0.925. The fourth-order valence-electron chi connectivity index (χ4n) is 1.91. The minimum Gasteiger partial charge on any atom is -0.342 e. The van der Waals surface area contributed by atoms with Gasteiger partial charge < -0.3 is 10.2 Å². The molecule has 1 N–H and O–H groups in total. The van der Waals surface area contributed by atoms with Gasteiger partial charge in [0, 0.05) is 29.4 Å². The minimum absolute atomic E-state index is 0.00690. The number of carbonyl (C=O) groups excluding carboxylic acids is 2. The SMILES string of the molecule is CS(=O)CCN1CC(=O)NC(C2CC2)C1=O. The molecule has 0 radical (unpaired) electrons. The van der Waals surface area contributed by atoms with Gasteiger partial charge in [-0.2, -0.15) is 0 Å². The summed E-state index contributed by atoms with van der Waals surface area (Å²) in [6.07, 6.45) is 3.64. The second-order valence-corrected chi connectivity index (χ2v) is 5.97. The summed E-state index contributed by atoms with van der Waals surface area (Å²) in [4.78, 5) is 24.9. The van der Waals surface area contributed by atoms with E-state index < -0.39 is 10.8 Å². The van der Waals surface area contributed by atoms with Gasteiger partial charge >= 0.3 is 0 Å². The zero-order valence-corrected chi connectivity index (χ0v) is 10.1. The number of hydrogen-bond donors (Lipinski definition) is 1. The number of carbonyl (C=O) groups is 2. The normalized spacial score (nSPS) is 27.8. The molecule has 1 heterocycles. The van der Waals surface area contributed by atoms with Crippen LogP contribution in [0.15, 0.2) is 0 Å². The minimum atomic E-state index is -0.925. The Hall–Kier alpha value is -0.910. The van der Waals surface area contributed by atoms with Gasteiger partial charge in [0.1, 0.15) is 6.04 Å². The van der Waals surface area contributed by atoms with Gasteiger partial charge in [0.2, 0.25) is 11.8 Å². The predicted octanol–water partition coefficient (Wildman–Crippen LogP) is -0.898. The first-order valence-electron chi connectivity index (χ1n) is 5.46. The molecule has 90 valence electrons. The number of rotatable bonds is 4. The van der Waals surface area contributed by atoms with Gasteiger partial charge in [0.25, 0.3) is 0 Å². The van der Waals surface area contributed by atoms with E-state index in [4.69, 9.17) is 0 Å². The van der Waals surface area contributed by atoms with Crippen LogP contribution in [0.3, 0.4) is 0 Å². The Morgan fingerprint density at radius 1 is 1.44 bits per heavy atom. The molecule has 0 aromatic rings. The monoisotopic (exact) mass is 244 g/mol. The van der Waals surface area contributed by atoms with Crippen LogP contribution in [0.1, 0.15) is 12.8 Å². The summed E-state index contributed by atoms with van der Waals surface area (Å²) in [5, 5.41) is 2.74. The molecule has 2 atom stereocenters. The van der Waals surface area contributed by atoms with E-state index in [2.05, 4.69) is 5.32 Å². The van der Waals surface area contributed by atoms with Crippen LogP contribution in [-0.2, 0) is 20.4 Å². The highest BCUT2D eigenvalue weighted by atomic mass is 32.2. The van der Waals surface area contributed by atoms with Gasteiger partial charge in [-0.15, -0.1) is 0 Å². The van der Waals surface area contributed by atoms with Crippen LogP contribution in [0, 0.1) is 5.92 Å². The van der Waals surface area contributed by atoms with Crippen molar-refractivity contribution in [3.8, 4) is 0 Å². The second-order valence-electron chi connectivity index (χ2n) is 4.42. The molecule has 1 aliphatic carbocycles. The van der Waals surface area contributed by atoms with E-state index in [1.165, 1.54) is 4.90 Å². The summed E-state index contributed by atoms with van der Waals surface area (Å²) in [6.45, 7) is 0.526. The molecule has 5 nitrogen and oxygen atoms in total. The van der Waals surface area contributed by atoms with Crippen molar-refractivity contribution in [2.45, 2.75) is 18.9 Å². The van der Waals surface area contributed by atoms with Crippen LogP contribution >= 0.6 is 0 Å². The molecule has 0 bridgehead atoms. The van der Waals surface area contributed by atoms with Crippen molar-refractivity contribution < 1.29 is 13.8 Å². The third kappa shape index (κ3) is 2.61.